The van der Waals surface area contributed by atoms with Crippen LogP contribution in [-0.2, 0) is 14.3 Å². The van der Waals surface area contributed by atoms with Crippen molar-refractivity contribution >= 4 is 11.8 Å². The number of carbonyl (C=O) groups excluding carboxylic acids is 2. The van der Waals surface area contributed by atoms with Crippen molar-refractivity contribution in [2.75, 3.05) is 0 Å². The van der Waals surface area contributed by atoms with E-state index in [-0.39, 0.29) is 6.10 Å². The molecule has 16 heavy (non-hydrogen) atoms. The topological polar surface area (TPSA) is 63.6 Å². The van der Waals surface area contributed by atoms with Crippen LogP contribution in [0.3, 0.4) is 0 Å². The first kappa shape index (κ1) is 12.9. The van der Waals surface area contributed by atoms with Gasteiger partial charge in [0.25, 0.3) is 0 Å². The van der Waals surface area contributed by atoms with Crippen LogP contribution >= 0.6 is 0 Å². The van der Waals surface area contributed by atoms with Gasteiger partial charge in [0.1, 0.15) is 6.10 Å². The zero-order chi connectivity index (χ0) is 12.0. The molecular formula is C12H18O4. The summed E-state index contributed by atoms with van der Waals surface area (Å²) in [7, 11) is 0. The molecule has 0 aliphatic carbocycles. The summed E-state index contributed by atoms with van der Waals surface area (Å²) in [6.45, 7) is 1.84. The molecule has 2 atom stereocenters. The minimum Gasteiger partial charge on any atom is -0.460 e. The second-order valence-corrected chi connectivity index (χ2v) is 4.14. The normalized spacial score (nSPS) is 31.1. The first-order valence-corrected chi connectivity index (χ1v) is 5.70. The number of aliphatic hydroxyl groups is 1. The van der Waals surface area contributed by atoms with Crippen LogP contribution in [-0.4, -0.2) is 29.1 Å². The number of hydrogen-bond donors (Lipinski definition) is 1. The van der Waals surface area contributed by atoms with E-state index in [1.54, 1.807) is 0 Å². The Morgan fingerprint density at radius 2 is 1.88 bits per heavy atom. The van der Waals surface area contributed by atoms with Gasteiger partial charge in [-0.05, 0) is 32.3 Å². The molecule has 0 aromatic rings. The maximum Gasteiger partial charge on any atom is 0.331 e. The van der Waals surface area contributed by atoms with Crippen molar-refractivity contribution in [1.82, 2.24) is 0 Å². The zero-order valence-corrected chi connectivity index (χ0v) is 9.52. The first-order chi connectivity index (χ1) is 7.59. The fourth-order valence-electron chi connectivity index (χ4n) is 1.65. The molecule has 90 valence electrons. The van der Waals surface area contributed by atoms with E-state index in [9.17, 15) is 14.7 Å². The summed E-state index contributed by atoms with van der Waals surface area (Å²) in [6, 6.07) is 0. The van der Waals surface area contributed by atoms with E-state index >= 15 is 0 Å². The van der Waals surface area contributed by atoms with Crippen LogP contribution in [0.15, 0.2) is 12.2 Å². The Balaban J connectivity index is 2.61. The van der Waals surface area contributed by atoms with Gasteiger partial charge in [0.15, 0.2) is 5.78 Å². The van der Waals surface area contributed by atoms with E-state index in [1.807, 2.05) is 6.92 Å². The highest BCUT2D eigenvalue weighted by molar-refractivity contribution is 5.98. The van der Waals surface area contributed by atoms with E-state index in [0.717, 1.165) is 37.8 Å². The molecule has 4 nitrogen and oxygen atoms in total. The van der Waals surface area contributed by atoms with Crippen molar-refractivity contribution in [3.8, 4) is 0 Å². The maximum atomic E-state index is 11.3. The number of hydrogen-bond acceptors (Lipinski definition) is 4. The Hall–Kier alpha value is -1.16. The van der Waals surface area contributed by atoms with Crippen molar-refractivity contribution in [2.24, 2.45) is 0 Å². The fourth-order valence-corrected chi connectivity index (χ4v) is 1.65. The minimum absolute atomic E-state index is 0.114. The Kier molecular flexibility index (Phi) is 5.19. The maximum absolute atomic E-state index is 11.3. The molecule has 1 aliphatic rings. The van der Waals surface area contributed by atoms with Gasteiger partial charge in [-0.3, -0.25) is 4.79 Å². The third-order valence-electron chi connectivity index (χ3n) is 2.62. The summed E-state index contributed by atoms with van der Waals surface area (Å²) < 4.78 is 5.05. The van der Waals surface area contributed by atoms with Crippen LogP contribution in [0.5, 0.6) is 0 Å². The van der Waals surface area contributed by atoms with Crippen LogP contribution in [0.1, 0.15) is 39.0 Å². The van der Waals surface area contributed by atoms with Gasteiger partial charge in [-0.25, -0.2) is 4.79 Å². The van der Waals surface area contributed by atoms with Crippen molar-refractivity contribution < 1.29 is 19.4 Å². The molecule has 0 bridgehead atoms. The largest absolute Gasteiger partial charge is 0.460 e. The van der Waals surface area contributed by atoms with Gasteiger partial charge in [-0.2, -0.15) is 0 Å². The van der Waals surface area contributed by atoms with Crippen molar-refractivity contribution in [2.45, 2.75) is 51.2 Å². The molecule has 1 N–H and O–H groups in total. The first-order valence-electron chi connectivity index (χ1n) is 5.70. The molecule has 0 saturated heterocycles. The van der Waals surface area contributed by atoms with Gasteiger partial charge in [0.2, 0.25) is 0 Å². The van der Waals surface area contributed by atoms with Gasteiger partial charge < -0.3 is 9.84 Å². The molecule has 1 heterocycles. The van der Waals surface area contributed by atoms with E-state index < -0.39 is 17.9 Å². The predicted octanol–water partition coefficient (Wildman–Crippen LogP) is 1.37. The number of esters is 1. The molecule has 0 radical (unpaired) electrons. The molecule has 0 amide bonds. The van der Waals surface area contributed by atoms with Gasteiger partial charge in [-0.1, -0.05) is 12.8 Å². The summed E-state index contributed by atoms with van der Waals surface area (Å²) in [5.41, 5.74) is 0. The summed E-state index contributed by atoms with van der Waals surface area (Å²) in [5, 5.41) is 9.45. The lowest BCUT2D eigenvalue weighted by molar-refractivity contribution is -0.142. The van der Waals surface area contributed by atoms with Gasteiger partial charge in [0.05, 0.1) is 6.10 Å². The van der Waals surface area contributed by atoms with Crippen LogP contribution in [0.2, 0.25) is 0 Å². The number of rotatable bonds is 0. The van der Waals surface area contributed by atoms with Crippen molar-refractivity contribution in [1.29, 1.82) is 0 Å². The standard InChI is InChI=1S/C12H18O4/c1-9-5-3-2-4-6-10(13)11(14)7-8-12(15)16-9/h7-10,13H,2-6H2,1H3/b8-7+. The van der Waals surface area contributed by atoms with Crippen LogP contribution in [0, 0.1) is 0 Å². The van der Waals surface area contributed by atoms with Crippen LogP contribution in [0.4, 0.5) is 0 Å². The molecule has 4 heteroatoms. The van der Waals surface area contributed by atoms with Crippen molar-refractivity contribution in [3.63, 3.8) is 0 Å². The molecule has 0 fully saturated rings. The Morgan fingerprint density at radius 3 is 2.62 bits per heavy atom. The lowest BCUT2D eigenvalue weighted by atomic mass is 10.0. The number of carbonyl (C=O) groups is 2. The van der Waals surface area contributed by atoms with Gasteiger partial charge in [-0.15, -0.1) is 0 Å². The summed E-state index contributed by atoms with van der Waals surface area (Å²) >= 11 is 0. The number of cyclic esters (lactones) is 1. The average Bonchev–Trinajstić information content (AvgIpc) is 2.23. The molecule has 0 spiro atoms. The highest BCUT2D eigenvalue weighted by Crippen LogP contribution is 2.11. The van der Waals surface area contributed by atoms with Gasteiger partial charge >= 0.3 is 5.97 Å². The third kappa shape index (κ3) is 4.57. The molecule has 1 aliphatic heterocycles. The molecule has 0 aromatic heterocycles. The smallest absolute Gasteiger partial charge is 0.331 e. The SMILES string of the molecule is CC1CCCCCC(O)C(=O)/C=C/C(=O)O1. The Labute approximate surface area is 95.3 Å². The molecule has 1 rings (SSSR count). The van der Waals surface area contributed by atoms with E-state index in [4.69, 9.17) is 4.74 Å². The lowest BCUT2D eigenvalue weighted by Crippen LogP contribution is -2.20. The highest BCUT2D eigenvalue weighted by atomic mass is 16.5. The van der Waals surface area contributed by atoms with Crippen LogP contribution < -0.4 is 0 Å². The molecular weight excluding hydrogens is 208 g/mol. The molecule has 0 saturated carbocycles. The highest BCUT2D eigenvalue weighted by Gasteiger charge is 2.14. The lowest BCUT2D eigenvalue weighted by Gasteiger charge is -2.13. The van der Waals surface area contributed by atoms with E-state index in [2.05, 4.69) is 0 Å². The predicted molar refractivity (Wildman–Crippen MR) is 58.8 cm³/mol. The fraction of sp³-hybridized carbons (Fsp3) is 0.667. The zero-order valence-electron chi connectivity index (χ0n) is 9.52. The second kappa shape index (κ2) is 6.43. The minimum atomic E-state index is -0.985. The number of ketones is 1. The molecule has 2 unspecified atom stereocenters. The summed E-state index contributed by atoms with van der Waals surface area (Å²) in [4.78, 5) is 22.5. The van der Waals surface area contributed by atoms with Crippen molar-refractivity contribution in [3.05, 3.63) is 12.2 Å². The Bertz CT molecular complexity index is 283. The Morgan fingerprint density at radius 1 is 1.19 bits per heavy atom. The number of aliphatic hydroxyl groups excluding tert-OH is 1. The summed E-state index contributed by atoms with van der Waals surface area (Å²) in [5.74, 6) is -0.946. The quantitative estimate of drug-likeness (QED) is 0.634. The second-order valence-electron chi connectivity index (χ2n) is 4.14. The van der Waals surface area contributed by atoms with Crippen LogP contribution in [0.25, 0.3) is 0 Å². The average molecular weight is 226 g/mol. The monoisotopic (exact) mass is 226 g/mol. The number of ether oxygens (including phenoxy) is 1. The van der Waals surface area contributed by atoms with E-state index in [0.29, 0.717) is 6.42 Å². The van der Waals surface area contributed by atoms with E-state index in [1.165, 1.54) is 0 Å². The van der Waals surface area contributed by atoms with Gasteiger partial charge in [0, 0.05) is 6.08 Å². The third-order valence-corrected chi connectivity index (χ3v) is 2.62. The molecule has 0 aromatic carbocycles. The summed E-state index contributed by atoms with van der Waals surface area (Å²) in [6.07, 6.45) is 5.08.